The van der Waals surface area contributed by atoms with Gasteiger partial charge in [-0.15, -0.1) is 10.2 Å². The Balaban J connectivity index is 1.95. The van der Waals surface area contributed by atoms with Gasteiger partial charge in [0, 0.05) is 7.05 Å². The molecule has 0 fully saturated rings. The second-order valence-corrected chi connectivity index (χ2v) is 5.12. The van der Waals surface area contributed by atoms with E-state index in [1.54, 1.807) is 11.7 Å². The van der Waals surface area contributed by atoms with Crippen LogP contribution in [0.5, 0.6) is 11.5 Å². The minimum Gasteiger partial charge on any atom is -0.497 e. The normalized spacial score (nSPS) is 10.4. The van der Waals surface area contributed by atoms with Gasteiger partial charge in [0.15, 0.2) is 11.0 Å². The van der Waals surface area contributed by atoms with Crippen LogP contribution in [0.1, 0.15) is 5.82 Å². The number of methoxy groups -OCH3 is 1. The minimum atomic E-state index is -0.390. The third-order valence-electron chi connectivity index (χ3n) is 2.70. The van der Waals surface area contributed by atoms with Crippen molar-refractivity contribution in [1.29, 1.82) is 0 Å². The van der Waals surface area contributed by atoms with Crippen molar-refractivity contribution in [2.24, 2.45) is 12.8 Å². The van der Waals surface area contributed by atoms with Crippen LogP contribution in [0.25, 0.3) is 0 Å². The summed E-state index contributed by atoms with van der Waals surface area (Å²) in [6.07, 6.45) is 0. The molecule has 21 heavy (non-hydrogen) atoms. The van der Waals surface area contributed by atoms with Crippen LogP contribution in [0.2, 0.25) is 0 Å². The third kappa shape index (κ3) is 4.12. The lowest BCUT2D eigenvalue weighted by atomic mass is 10.3. The number of hydrogen-bond donors (Lipinski definition) is 1. The predicted octanol–water partition coefficient (Wildman–Crippen LogP) is 0.980. The average Bonchev–Trinajstić information content (AvgIpc) is 2.84. The number of amides is 1. The van der Waals surface area contributed by atoms with Gasteiger partial charge in [0.25, 0.3) is 0 Å². The van der Waals surface area contributed by atoms with Crippen LogP contribution in [-0.4, -0.2) is 33.5 Å². The van der Waals surface area contributed by atoms with Crippen molar-refractivity contribution in [2.45, 2.75) is 11.8 Å². The summed E-state index contributed by atoms with van der Waals surface area (Å²) in [6.45, 7) is 0.285. The van der Waals surface area contributed by atoms with Crippen molar-refractivity contribution < 1.29 is 14.3 Å². The number of carbonyl (C=O) groups excluding carboxylic acids is 1. The van der Waals surface area contributed by atoms with Crippen LogP contribution in [0.4, 0.5) is 0 Å². The first-order chi connectivity index (χ1) is 10.1. The number of primary amides is 1. The maximum atomic E-state index is 10.8. The van der Waals surface area contributed by atoms with Gasteiger partial charge in [-0.2, -0.15) is 0 Å². The number of nitrogens with two attached hydrogens (primary N) is 1. The molecule has 1 aromatic heterocycles. The molecule has 0 atom stereocenters. The molecule has 0 aliphatic heterocycles. The highest BCUT2D eigenvalue weighted by Crippen LogP contribution is 2.19. The lowest BCUT2D eigenvalue weighted by Gasteiger charge is -2.07. The number of ether oxygens (including phenoxy) is 2. The molecule has 7 nitrogen and oxygen atoms in total. The number of thioether (sulfide) groups is 1. The maximum absolute atomic E-state index is 10.8. The van der Waals surface area contributed by atoms with E-state index in [2.05, 4.69) is 10.2 Å². The molecule has 0 aliphatic carbocycles. The molecular formula is C13H16N4O3S. The number of benzene rings is 1. The zero-order valence-electron chi connectivity index (χ0n) is 11.8. The van der Waals surface area contributed by atoms with E-state index in [0.29, 0.717) is 16.7 Å². The van der Waals surface area contributed by atoms with Crippen molar-refractivity contribution in [1.82, 2.24) is 14.8 Å². The number of nitrogens with zero attached hydrogens (tertiary/aromatic N) is 3. The molecule has 112 valence electrons. The highest BCUT2D eigenvalue weighted by Gasteiger charge is 2.10. The van der Waals surface area contributed by atoms with E-state index < -0.39 is 0 Å². The molecule has 2 aromatic rings. The molecule has 0 radical (unpaired) electrons. The molecule has 1 heterocycles. The van der Waals surface area contributed by atoms with Crippen molar-refractivity contribution in [3.63, 3.8) is 0 Å². The van der Waals surface area contributed by atoms with E-state index in [0.717, 1.165) is 5.75 Å². The first-order valence-electron chi connectivity index (χ1n) is 6.16. The second kappa shape index (κ2) is 6.98. The van der Waals surface area contributed by atoms with Crippen LogP contribution >= 0.6 is 11.8 Å². The Kier molecular flexibility index (Phi) is 5.04. The van der Waals surface area contributed by atoms with E-state index in [9.17, 15) is 4.79 Å². The molecule has 0 saturated carbocycles. The monoisotopic (exact) mass is 308 g/mol. The van der Waals surface area contributed by atoms with E-state index >= 15 is 0 Å². The van der Waals surface area contributed by atoms with Gasteiger partial charge in [-0.25, -0.2) is 0 Å². The van der Waals surface area contributed by atoms with Gasteiger partial charge < -0.3 is 19.8 Å². The van der Waals surface area contributed by atoms with E-state index in [-0.39, 0.29) is 18.3 Å². The molecule has 0 aliphatic rings. The Bertz CT molecular complexity index is 612. The predicted molar refractivity (Wildman–Crippen MR) is 78.2 cm³/mol. The summed E-state index contributed by atoms with van der Waals surface area (Å²) < 4.78 is 12.5. The summed E-state index contributed by atoms with van der Waals surface area (Å²) in [5.41, 5.74) is 5.10. The van der Waals surface area contributed by atoms with Gasteiger partial charge in [0.05, 0.1) is 12.9 Å². The fourth-order valence-electron chi connectivity index (χ4n) is 1.55. The fourth-order valence-corrected chi connectivity index (χ4v) is 2.22. The minimum absolute atomic E-state index is 0.172. The number of carbonyl (C=O) groups is 1. The summed E-state index contributed by atoms with van der Waals surface area (Å²) in [5, 5.41) is 8.66. The second-order valence-electron chi connectivity index (χ2n) is 4.18. The Labute approximate surface area is 126 Å². The van der Waals surface area contributed by atoms with Crippen molar-refractivity contribution >= 4 is 17.7 Å². The molecule has 0 saturated heterocycles. The van der Waals surface area contributed by atoms with Crippen molar-refractivity contribution in [2.75, 3.05) is 12.9 Å². The first kappa shape index (κ1) is 15.2. The summed E-state index contributed by atoms with van der Waals surface area (Å²) in [7, 11) is 3.43. The number of hydrogen-bond acceptors (Lipinski definition) is 6. The summed E-state index contributed by atoms with van der Waals surface area (Å²) in [4.78, 5) is 10.8. The van der Waals surface area contributed by atoms with E-state index in [4.69, 9.17) is 15.2 Å². The van der Waals surface area contributed by atoms with Crippen LogP contribution in [0.3, 0.4) is 0 Å². The largest absolute Gasteiger partial charge is 0.497 e. The molecule has 0 bridgehead atoms. The Morgan fingerprint density at radius 3 is 2.57 bits per heavy atom. The Morgan fingerprint density at radius 2 is 1.95 bits per heavy atom. The van der Waals surface area contributed by atoms with Gasteiger partial charge >= 0.3 is 0 Å². The lowest BCUT2D eigenvalue weighted by Crippen LogP contribution is -2.13. The molecular weight excluding hydrogens is 292 g/mol. The Morgan fingerprint density at radius 1 is 1.29 bits per heavy atom. The van der Waals surface area contributed by atoms with Crippen LogP contribution in [0, 0.1) is 0 Å². The maximum Gasteiger partial charge on any atom is 0.227 e. The molecule has 8 heteroatoms. The Hall–Kier alpha value is -2.22. The molecule has 1 aromatic carbocycles. The first-order valence-corrected chi connectivity index (χ1v) is 7.15. The smallest absolute Gasteiger partial charge is 0.227 e. The topological polar surface area (TPSA) is 92.3 Å². The lowest BCUT2D eigenvalue weighted by molar-refractivity contribution is -0.115. The van der Waals surface area contributed by atoms with Gasteiger partial charge in [-0.3, -0.25) is 4.79 Å². The van der Waals surface area contributed by atoms with Crippen molar-refractivity contribution in [3.05, 3.63) is 30.1 Å². The van der Waals surface area contributed by atoms with Gasteiger partial charge in [-0.05, 0) is 24.3 Å². The quantitative estimate of drug-likeness (QED) is 0.767. The molecule has 1 amide bonds. The average molecular weight is 308 g/mol. The molecule has 0 unspecified atom stereocenters. The van der Waals surface area contributed by atoms with Crippen LogP contribution in [0.15, 0.2) is 29.4 Å². The van der Waals surface area contributed by atoms with E-state index in [1.165, 1.54) is 11.8 Å². The molecule has 2 N–H and O–H groups in total. The van der Waals surface area contributed by atoms with Gasteiger partial charge in [-0.1, -0.05) is 11.8 Å². The molecule has 0 spiro atoms. The fraction of sp³-hybridized carbons (Fsp3) is 0.308. The number of aromatic nitrogens is 3. The zero-order chi connectivity index (χ0) is 15.2. The summed E-state index contributed by atoms with van der Waals surface area (Å²) in [6, 6.07) is 7.27. The van der Waals surface area contributed by atoms with Crippen LogP contribution < -0.4 is 15.2 Å². The van der Waals surface area contributed by atoms with Crippen molar-refractivity contribution in [3.8, 4) is 11.5 Å². The van der Waals surface area contributed by atoms with Crippen LogP contribution in [-0.2, 0) is 18.4 Å². The summed E-state index contributed by atoms with van der Waals surface area (Å²) >= 11 is 1.25. The SMILES string of the molecule is COc1ccc(OCc2nnc(SCC(N)=O)n2C)cc1. The van der Waals surface area contributed by atoms with Gasteiger partial charge in [0.1, 0.15) is 18.1 Å². The standard InChI is InChI=1S/C13H16N4O3S/c1-17-12(15-16-13(17)21-8-11(14)18)7-20-10-5-3-9(19-2)4-6-10/h3-6H,7-8H2,1-2H3,(H2,14,18). The third-order valence-corrected chi connectivity index (χ3v) is 3.74. The molecule has 2 rings (SSSR count). The summed E-state index contributed by atoms with van der Waals surface area (Å²) in [5.74, 6) is 1.93. The van der Waals surface area contributed by atoms with Gasteiger partial charge in [0.2, 0.25) is 5.91 Å². The highest BCUT2D eigenvalue weighted by atomic mass is 32.2. The number of rotatable bonds is 7. The van der Waals surface area contributed by atoms with E-state index in [1.807, 2.05) is 31.3 Å². The zero-order valence-corrected chi connectivity index (χ0v) is 12.6. The highest BCUT2D eigenvalue weighted by molar-refractivity contribution is 7.99.